The molecule has 2 aromatic rings. The van der Waals surface area contributed by atoms with Crippen LogP contribution in [0.25, 0.3) is 0 Å². The minimum Gasteiger partial charge on any atom is -0.496 e. The number of carbonyl (C=O) groups excluding carboxylic acids is 2. The Kier molecular flexibility index (Phi) is 7.54. The van der Waals surface area contributed by atoms with Gasteiger partial charge in [0.15, 0.2) is 5.78 Å². The number of Topliss-reactive ketones (excluding diaryl/α,β-unsaturated/α-hetero) is 1. The smallest absolute Gasteiger partial charge is 0.336 e. The summed E-state index contributed by atoms with van der Waals surface area (Å²) in [5.74, 6) is -0.00433. The summed E-state index contributed by atoms with van der Waals surface area (Å²) in [7, 11) is 1.65. The summed E-state index contributed by atoms with van der Waals surface area (Å²) in [5, 5.41) is 5.36. The molecule has 1 aromatic carbocycles. The lowest BCUT2D eigenvalue weighted by molar-refractivity contribution is -0.141. The second kappa shape index (κ2) is 10.6. The number of para-hydroxylation sites is 1. The van der Waals surface area contributed by atoms with Gasteiger partial charge < -0.3 is 19.5 Å². The summed E-state index contributed by atoms with van der Waals surface area (Å²) in [6, 6.07) is 11.8. The highest BCUT2D eigenvalue weighted by Crippen LogP contribution is 2.47. The number of esters is 1. The van der Waals surface area contributed by atoms with E-state index in [4.69, 9.17) is 14.2 Å². The molecule has 0 spiro atoms. The fourth-order valence-electron chi connectivity index (χ4n) is 4.77. The molecule has 0 bridgehead atoms. The predicted molar refractivity (Wildman–Crippen MR) is 132 cm³/mol. The average molecular weight is 482 g/mol. The fourth-order valence-corrected chi connectivity index (χ4v) is 5.61. The van der Waals surface area contributed by atoms with Crippen LogP contribution in [0.3, 0.4) is 0 Å². The Labute approximate surface area is 204 Å². The Morgan fingerprint density at radius 2 is 1.94 bits per heavy atom. The lowest BCUT2D eigenvalue weighted by atomic mass is 9.73. The number of methoxy groups -OCH3 is 1. The maximum Gasteiger partial charge on any atom is 0.336 e. The van der Waals surface area contributed by atoms with Crippen molar-refractivity contribution in [1.29, 1.82) is 0 Å². The van der Waals surface area contributed by atoms with Crippen LogP contribution in [0.2, 0.25) is 0 Å². The van der Waals surface area contributed by atoms with Crippen LogP contribution in [0.15, 0.2) is 64.3 Å². The fraction of sp³-hybridized carbons (Fsp3) is 0.407. The van der Waals surface area contributed by atoms with E-state index in [0.29, 0.717) is 30.6 Å². The van der Waals surface area contributed by atoms with Gasteiger partial charge >= 0.3 is 5.97 Å². The zero-order chi connectivity index (χ0) is 24.2. The molecule has 1 N–H and O–H groups in total. The van der Waals surface area contributed by atoms with Crippen molar-refractivity contribution in [3.63, 3.8) is 0 Å². The largest absolute Gasteiger partial charge is 0.496 e. The van der Waals surface area contributed by atoms with Crippen molar-refractivity contribution in [2.24, 2.45) is 0 Å². The standard InChI is InChI=1S/C27H31NO5S/c1-16(2)32-11-12-33-27(30)24-17(3)28-20-14-18(19-8-5-6-9-22(19)31-4)15-21(29)25(20)26(24)23-10-7-13-34-23/h5-10,13,16,18,26,28H,11-12,14-15H2,1-4H3/t18-,26-/m0/s1. The number of allylic oxidation sites excluding steroid dienone is 3. The average Bonchev–Trinajstić information content (AvgIpc) is 3.35. The Balaban J connectivity index is 1.65. The first-order valence-electron chi connectivity index (χ1n) is 11.6. The lowest BCUT2D eigenvalue weighted by Crippen LogP contribution is -2.36. The summed E-state index contributed by atoms with van der Waals surface area (Å²) < 4.78 is 16.6. The zero-order valence-corrected chi connectivity index (χ0v) is 20.9. The van der Waals surface area contributed by atoms with Crippen molar-refractivity contribution >= 4 is 23.1 Å². The maximum absolute atomic E-state index is 13.6. The molecule has 0 saturated heterocycles. The van der Waals surface area contributed by atoms with E-state index < -0.39 is 11.9 Å². The van der Waals surface area contributed by atoms with Gasteiger partial charge in [0.2, 0.25) is 0 Å². The predicted octanol–water partition coefficient (Wildman–Crippen LogP) is 5.09. The molecule has 34 heavy (non-hydrogen) atoms. The third-order valence-corrected chi connectivity index (χ3v) is 7.16. The first-order chi connectivity index (χ1) is 16.4. The molecule has 0 fully saturated rings. The first kappa shape index (κ1) is 24.2. The molecule has 7 heteroatoms. The van der Waals surface area contributed by atoms with Crippen molar-refractivity contribution < 1.29 is 23.8 Å². The molecule has 0 unspecified atom stereocenters. The number of benzene rings is 1. The van der Waals surface area contributed by atoms with E-state index >= 15 is 0 Å². The van der Waals surface area contributed by atoms with E-state index in [1.807, 2.05) is 62.5 Å². The molecular formula is C27H31NO5S. The van der Waals surface area contributed by atoms with Crippen molar-refractivity contribution in [3.8, 4) is 5.75 Å². The van der Waals surface area contributed by atoms with Gasteiger partial charge in [0.1, 0.15) is 12.4 Å². The monoisotopic (exact) mass is 481 g/mol. The van der Waals surface area contributed by atoms with E-state index in [1.165, 1.54) is 0 Å². The minimum atomic E-state index is -0.430. The summed E-state index contributed by atoms with van der Waals surface area (Å²) in [4.78, 5) is 27.7. The molecule has 180 valence electrons. The number of hydrogen-bond acceptors (Lipinski definition) is 7. The molecule has 0 amide bonds. The van der Waals surface area contributed by atoms with E-state index in [2.05, 4.69) is 5.32 Å². The van der Waals surface area contributed by atoms with Gasteiger partial charge in [-0.2, -0.15) is 0 Å². The Bertz CT molecular complexity index is 1120. The highest BCUT2D eigenvalue weighted by molar-refractivity contribution is 7.10. The number of hydrogen-bond donors (Lipinski definition) is 1. The highest BCUT2D eigenvalue weighted by atomic mass is 32.1. The Hall–Kier alpha value is -2.90. The van der Waals surface area contributed by atoms with Gasteiger partial charge in [-0.15, -0.1) is 11.3 Å². The molecule has 0 radical (unpaired) electrons. The van der Waals surface area contributed by atoms with Crippen LogP contribution in [0.1, 0.15) is 55.9 Å². The van der Waals surface area contributed by atoms with Gasteiger partial charge in [0.25, 0.3) is 0 Å². The van der Waals surface area contributed by atoms with Gasteiger partial charge in [-0.25, -0.2) is 4.79 Å². The quantitative estimate of drug-likeness (QED) is 0.418. The summed E-state index contributed by atoms with van der Waals surface area (Å²) in [5.41, 5.74) is 3.79. The molecular weight excluding hydrogens is 450 g/mol. The first-order valence-corrected chi connectivity index (χ1v) is 12.5. The SMILES string of the molecule is COc1ccccc1[C@@H]1CC(=O)C2=C(C1)NC(C)=C(C(=O)OCCOC(C)C)[C@@H]2c1cccs1. The zero-order valence-electron chi connectivity index (χ0n) is 20.1. The third-order valence-electron chi connectivity index (χ3n) is 6.22. The number of rotatable bonds is 8. The Morgan fingerprint density at radius 3 is 2.65 bits per heavy atom. The summed E-state index contributed by atoms with van der Waals surface area (Å²) in [6.07, 6.45) is 1.11. The minimum absolute atomic E-state index is 0.00775. The van der Waals surface area contributed by atoms with Crippen LogP contribution in [0.4, 0.5) is 0 Å². The van der Waals surface area contributed by atoms with E-state index in [-0.39, 0.29) is 24.4 Å². The van der Waals surface area contributed by atoms with Crippen molar-refractivity contribution in [1.82, 2.24) is 5.32 Å². The van der Waals surface area contributed by atoms with E-state index in [1.54, 1.807) is 18.4 Å². The third kappa shape index (κ3) is 4.95. The topological polar surface area (TPSA) is 73.9 Å². The number of ketones is 1. The summed E-state index contributed by atoms with van der Waals surface area (Å²) >= 11 is 1.55. The van der Waals surface area contributed by atoms with Crippen molar-refractivity contribution in [3.05, 3.63) is 74.8 Å². The Morgan fingerprint density at radius 1 is 1.15 bits per heavy atom. The van der Waals surface area contributed by atoms with Gasteiger partial charge in [0.05, 0.1) is 31.3 Å². The number of nitrogens with one attached hydrogen (secondary N) is 1. The normalized spacial score (nSPS) is 20.3. The molecule has 0 saturated carbocycles. The van der Waals surface area contributed by atoms with Crippen LogP contribution >= 0.6 is 11.3 Å². The van der Waals surface area contributed by atoms with E-state index in [9.17, 15) is 9.59 Å². The van der Waals surface area contributed by atoms with Gasteiger partial charge in [-0.3, -0.25) is 4.79 Å². The number of ether oxygens (including phenoxy) is 3. The van der Waals surface area contributed by atoms with Gasteiger partial charge in [-0.1, -0.05) is 24.3 Å². The molecule has 1 aliphatic carbocycles. The van der Waals surface area contributed by atoms with Crippen LogP contribution in [-0.2, 0) is 19.1 Å². The molecule has 2 heterocycles. The van der Waals surface area contributed by atoms with Gasteiger partial charge in [-0.05, 0) is 50.3 Å². The molecule has 6 nitrogen and oxygen atoms in total. The lowest BCUT2D eigenvalue weighted by Gasteiger charge is -2.36. The van der Waals surface area contributed by atoms with E-state index in [0.717, 1.165) is 27.6 Å². The van der Waals surface area contributed by atoms with Crippen molar-refractivity contribution in [2.45, 2.75) is 51.6 Å². The maximum atomic E-state index is 13.6. The van der Waals surface area contributed by atoms with Crippen LogP contribution in [0, 0.1) is 0 Å². The number of dihydropyridines is 1. The molecule has 2 atom stereocenters. The number of carbonyl (C=O) groups is 2. The van der Waals surface area contributed by atoms with Gasteiger partial charge in [0, 0.05) is 34.2 Å². The second-order valence-electron chi connectivity index (χ2n) is 8.83. The molecule has 1 aliphatic heterocycles. The highest BCUT2D eigenvalue weighted by Gasteiger charge is 2.42. The van der Waals surface area contributed by atoms with Crippen molar-refractivity contribution in [2.75, 3.05) is 20.3 Å². The molecule has 2 aliphatic rings. The van der Waals surface area contributed by atoms with Crippen LogP contribution in [0.5, 0.6) is 5.75 Å². The van der Waals surface area contributed by atoms with Crippen LogP contribution < -0.4 is 10.1 Å². The van der Waals surface area contributed by atoms with Crippen LogP contribution in [-0.4, -0.2) is 38.2 Å². The molecule has 4 rings (SSSR count). The molecule has 1 aromatic heterocycles. The number of thiophene rings is 1. The second-order valence-corrected chi connectivity index (χ2v) is 9.81. The summed E-state index contributed by atoms with van der Waals surface area (Å²) in [6.45, 7) is 6.25.